The molecule has 2 saturated heterocycles. The summed E-state index contributed by atoms with van der Waals surface area (Å²) in [6.45, 7) is 12.9. The zero-order valence-corrected chi connectivity index (χ0v) is 26.9. The number of piperidine rings is 1. The lowest BCUT2D eigenvalue weighted by molar-refractivity contribution is 0.128. The number of H-pyrrole nitrogens is 1. The van der Waals surface area contributed by atoms with Crippen LogP contribution in [0.25, 0.3) is 11.0 Å². The van der Waals surface area contributed by atoms with E-state index >= 15 is 0 Å². The number of nitrogens with zero attached hydrogens (tertiary/aromatic N) is 6. The monoisotopic (exact) mass is 609 g/mol. The minimum Gasteiger partial charge on any atom is -0.376 e. The average molecular weight is 610 g/mol. The summed E-state index contributed by atoms with van der Waals surface area (Å²) in [6.07, 6.45) is 8.42. The van der Waals surface area contributed by atoms with Crippen molar-refractivity contribution in [1.29, 1.82) is 0 Å². The van der Waals surface area contributed by atoms with Crippen molar-refractivity contribution in [1.82, 2.24) is 24.8 Å². The van der Waals surface area contributed by atoms with Crippen LogP contribution < -0.4 is 19.8 Å². The van der Waals surface area contributed by atoms with E-state index in [0.29, 0.717) is 12.0 Å². The summed E-state index contributed by atoms with van der Waals surface area (Å²) in [7, 11) is 2.15. The number of fused-ring (bicyclic) bond motifs is 2. The third kappa shape index (κ3) is 5.57. The maximum Gasteiger partial charge on any atom is 0.231 e. The number of hydrogen-bond donors (Lipinski definition) is 3. The van der Waals surface area contributed by atoms with E-state index in [1.165, 1.54) is 41.0 Å². The predicted octanol–water partition coefficient (Wildman–Crippen LogP) is 6.38. The zero-order valence-electron chi connectivity index (χ0n) is 26.1. The van der Waals surface area contributed by atoms with E-state index in [1.807, 2.05) is 12.3 Å². The van der Waals surface area contributed by atoms with Crippen molar-refractivity contribution >= 4 is 57.5 Å². The highest BCUT2D eigenvalue weighted by Gasteiger charge is 2.28. The number of benzene rings is 2. The summed E-state index contributed by atoms with van der Waals surface area (Å²) in [5.74, 6) is 1.37. The van der Waals surface area contributed by atoms with E-state index in [0.717, 1.165) is 80.3 Å². The maximum atomic E-state index is 4.99. The van der Waals surface area contributed by atoms with Gasteiger partial charge < -0.3 is 29.7 Å². The van der Waals surface area contributed by atoms with Crippen LogP contribution in [0.15, 0.2) is 60.9 Å². The highest BCUT2D eigenvalue weighted by Crippen LogP contribution is 2.40. The van der Waals surface area contributed by atoms with E-state index in [9.17, 15) is 0 Å². The van der Waals surface area contributed by atoms with Crippen LogP contribution >= 0.6 is 11.9 Å². The minimum absolute atomic E-state index is 0.578. The number of aromatic nitrogens is 3. The Balaban J connectivity index is 1.08. The van der Waals surface area contributed by atoms with Gasteiger partial charge in [0.05, 0.1) is 16.8 Å². The van der Waals surface area contributed by atoms with Crippen LogP contribution in [0.3, 0.4) is 0 Å². The number of para-hydroxylation sites is 1. The van der Waals surface area contributed by atoms with Gasteiger partial charge >= 0.3 is 0 Å². The molecule has 5 heterocycles. The zero-order chi connectivity index (χ0) is 30.2. The topological polar surface area (TPSA) is 78.6 Å². The lowest BCUT2D eigenvalue weighted by Gasteiger charge is -2.43. The van der Waals surface area contributed by atoms with E-state index in [2.05, 4.69) is 97.8 Å². The molecular weight excluding hydrogens is 567 g/mol. The van der Waals surface area contributed by atoms with E-state index < -0.39 is 0 Å². The normalized spacial score (nSPS) is 17.9. The standard InChI is InChI=1S/C34H43N9S/c1-5-24-21-27(41-16-13-26(14-17-41)42-20-19-40(3)23(2)22-42)9-10-29(24)37-34-38-32-28(11-15-35-32)33(39-34)36-30-8-6-7-25-12-18-43(44-4)31(25)30/h6-11,15,21,26H,2,5,12-14,16-20,22H2,1,3-4H3,(H3,35,36,37,38,39). The van der Waals surface area contributed by atoms with E-state index in [1.54, 1.807) is 11.9 Å². The molecule has 0 radical (unpaired) electrons. The molecule has 7 rings (SSSR count). The summed E-state index contributed by atoms with van der Waals surface area (Å²) in [6, 6.07) is 15.9. The van der Waals surface area contributed by atoms with Gasteiger partial charge in [-0.3, -0.25) is 4.90 Å². The summed E-state index contributed by atoms with van der Waals surface area (Å²) < 4.78 is 2.35. The third-order valence-electron chi connectivity index (χ3n) is 9.55. The van der Waals surface area contributed by atoms with Gasteiger partial charge in [-0.25, -0.2) is 0 Å². The Kier molecular flexibility index (Phi) is 8.03. The smallest absolute Gasteiger partial charge is 0.231 e. The molecule has 9 nitrogen and oxygen atoms in total. The summed E-state index contributed by atoms with van der Waals surface area (Å²) in [4.78, 5) is 20.6. The molecule has 230 valence electrons. The fourth-order valence-electron chi connectivity index (χ4n) is 6.91. The third-order valence-corrected chi connectivity index (χ3v) is 10.4. The first-order chi connectivity index (χ1) is 21.5. The molecule has 3 aliphatic heterocycles. The molecule has 3 aliphatic rings. The Morgan fingerprint density at radius 1 is 1.00 bits per heavy atom. The number of hydrogen-bond acceptors (Lipinski definition) is 9. The summed E-state index contributed by atoms with van der Waals surface area (Å²) >= 11 is 1.76. The van der Waals surface area contributed by atoms with Crippen molar-refractivity contribution in [2.75, 3.05) is 72.4 Å². The summed E-state index contributed by atoms with van der Waals surface area (Å²) in [5.41, 5.74) is 9.34. The van der Waals surface area contributed by atoms with Crippen molar-refractivity contribution in [2.24, 2.45) is 0 Å². The van der Waals surface area contributed by atoms with Crippen LogP contribution in [0.1, 0.15) is 30.9 Å². The Bertz CT molecular complexity index is 1660. The van der Waals surface area contributed by atoms with Crippen molar-refractivity contribution < 1.29 is 0 Å². The van der Waals surface area contributed by atoms with Gasteiger partial charge in [0, 0.05) is 81.9 Å². The maximum absolute atomic E-state index is 4.99. The molecule has 0 aliphatic carbocycles. The van der Waals surface area contributed by atoms with Crippen LogP contribution in [-0.2, 0) is 12.8 Å². The van der Waals surface area contributed by atoms with Gasteiger partial charge in [0.1, 0.15) is 11.5 Å². The first-order valence-corrected chi connectivity index (χ1v) is 17.0. The van der Waals surface area contributed by atoms with Crippen molar-refractivity contribution in [2.45, 2.75) is 38.6 Å². The second-order valence-electron chi connectivity index (χ2n) is 12.1. The van der Waals surface area contributed by atoms with Gasteiger partial charge in [0.15, 0.2) is 0 Å². The molecule has 0 unspecified atom stereocenters. The second kappa shape index (κ2) is 12.2. The molecule has 4 aromatic rings. The molecule has 0 spiro atoms. The number of likely N-dealkylation sites (N-methyl/N-ethyl adjacent to an activating group) is 1. The first kappa shape index (κ1) is 28.9. The van der Waals surface area contributed by atoms with Crippen LogP contribution in [0.2, 0.25) is 0 Å². The number of aromatic amines is 1. The van der Waals surface area contributed by atoms with Crippen molar-refractivity contribution in [3.05, 3.63) is 72.1 Å². The second-order valence-corrected chi connectivity index (χ2v) is 12.9. The molecule has 2 aromatic carbocycles. The fraction of sp³-hybridized carbons (Fsp3) is 0.412. The summed E-state index contributed by atoms with van der Waals surface area (Å²) in [5, 5.41) is 8.18. The Morgan fingerprint density at radius 3 is 2.66 bits per heavy atom. The highest BCUT2D eigenvalue weighted by molar-refractivity contribution is 8.00. The minimum atomic E-state index is 0.578. The van der Waals surface area contributed by atoms with Crippen molar-refractivity contribution in [3.63, 3.8) is 0 Å². The number of anilines is 6. The lowest BCUT2D eigenvalue weighted by atomic mass is 10.0. The van der Waals surface area contributed by atoms with Crippen LogP contribution in [0.4, 0.5) is 34.5 Å². The lowest BCUT2D eigenvalue weighted by Crippen LogP contribution is -2.51. The fourth-order valence-corrected chi connectivity index (χ4v) is 7.58. The predicted molar refractivity (Wildman–Crippen MR) is 186 cm³/mol. The van der Waals surface area contributed by atoms with Crippen LogP contribution in [0, 0.1) is 0 Å². The number of piperazine rings is 1. The van der Waals surface area contributed by atoms with E-state index in [4.69, 9.17) is 9.97 Å². The quantitative estimate of drug-likeness (QED) is 0.197. The van der Waals surface area contributed by atoms with Gasteiger partial charge in [-0.1, -0.05) is 37.6 Å². The first-order valence-electron chi connectivity index (χ1n) is 15.8. The molecule has 3 N–H and O–H groups in total. The Labute approximate surface area is 264 Å². The molecule has 0 saturated carbocycles. The molecule has 2 aromatic heterocycles. The van der Waals surface area contributed by atoms with Gasteiger partial charge in [0.25, 0.3) is 0 Å². The molecule has 2 fully saturated rings. The van der Waals surface area contributed by atoms with E-state index in [-0.39, 0.29) is 0 Å². The van der Waals surface area contributed by atoms with Gasteiger partial charge in [-0.05, 0) is 67.1 Å². The van der Waals surface area contributed by atoms with Crippen LogP contribution in [0.5, 0.6) is 0 Å². The number of rotatable bonds is 8. The molecule has 44 heavy (non-hydrogen) atoms. The molecule has 0 bridgehead atoms. The van der Waals surface area contributed by atoms with Crippen LogP contribution in [-0.4, -0.2) is 83.4 Å². The SMILES string of the molecule is C=C1CN(C2CCN(c3ccc(Nc4nc(Nc5cccc6c5N(SC)CC6)c5cc[nH]c5n4)c(CC)c3)CC2)CCN1C. The van der Waals surface area contributed by atoms with Gasteiger partial charge in [0.2, 0.25) is 5.95 Å². The van der Waals surface area contributed by atoms with Crippen molar-refractivity contribution in [3.8, 4) is 0 Å². The number of aryl methyl sites for hydroxylation is 1. The average Bonchev–Trinajstić information content (AvgIpc) is 3.70. The Morgan fingerprint density at radius 2 is 1.86 bits per heavy atom. The number of nitrogens with one attached hydrogen (secondary N) is 3. The highest BCUT2D eigenvalue weighted by atomic mass is 32.2. The Hall–Kier alpha value is -3.89. The largest absolute Gasteiger partial charge is 0.376 e. The molecule has 0 atom stereocenters. The van der Waals surface area contributed by atoms with Gasteiger partial charge in [-0.2, -0.15) is 9.97 Å². The molecular formula is C34H43N9S. The molecule has 0 amide bonds. The molecule has 10 heteroatoms. The van der Waals surface area contributed by atoms with Gasteiger partial charge in [-0.15, -0.1) is 0 Å².